The van der Waals surface area contributed by atoms with E-state index in [0.29, 0.717) is 5.39 Å². The van der Waals surface area contributed by atoms with Crippen LogP contribution in [0.5, 0.6) is 5.75 Å². The third kappa shape index (κ3) is 2.61. The van der Waals surface area contributed by atoms with Crippen LogP contribution in [0.1, 0.15) is 11.7 Å². The molecule has 0 aliphatic heterocycles. The molecule has 0 aliphatic rings. The molecule has 0 aliphatic carbocycles. The molecule has 2 unspecified atom stereocenters. The van der Waals surface area contributed by atoms with E-state index < -0.39 is 12.2 Å². The zero-order valence-corrected chi connectivity index (χ0v) is 10.0. The highest BCUT2D eigenvalue weighted by molar-refractivity contribution is 5.89. The van der Waals surface area contributed by atoms with Crippen molar-refractivity contribution < 1.29 is 15.3 Å². The highest BCUT2D eigenvalue weighted by Gasteiger charge is 2.21. The Hall–Kier alpha value is -2.27. The fourth-order valence-electron chi connectivity index (χ4n) is 1.94. The third-order valence-electron chi connectivity index (χ3n) is 2.95. The van der Waals surface area contributed by atoms with Gasteiger partial charge in [-0.05, 0) is 10.9 Å². The number of phenolic OH excluding ortho intramolecular Hbond substituents is 1. The van der Waals surface area contributed by atoms with Crippen LogP contribution < -0.4 is 0 Å². The second-order valence-corrected chi connectivity index (χ2v) is 4.15. The molecule has 19 heavy (non-hydrogen) atoms. The molecule has 0 fully saturated rings. The molecule has 2 rings (SSSR count). The second kappa shape index (κ2) is 5.58. The first-order chi connectivity index (χ1) is 9.15. The SMILES string of the molecule is [N-]=[N+]=NCC(O)C(O)c1ccc2ccccc2c1O. The van der Waals surface area contributed by atoms with Gasteiger partial charge in [-0.1, -0.05) is 41.5 Å². The molecule has 6 heteroatoms. The number of nitrogens with zero attached hydrogens (tertiary/aromatic N) is 3. The average Bonchev–Trinajstić information content (AvgIpc) is 2.44. The Labute approximate surface area is 109 Å². The monoisotopic (exact) mass is 259 g/mol. The number of hydrogen-bond donors (Lipinski definition) is 3. The van der Waals surface area contributed by atoms with Gasteiger partial charge in [0.2, 0.25) is 0 Å². The molecule has 0 amide bonds. The van der Waals surface area contributed by atoms with Crippen molar-refractivity contribution in [3.63, 3.8) is 0 Å². The molecule has 0 bridgehead atoms. The Bertz CT molecular complexity index is 638. The van der Waals surface area contributed by atoms with Gasteiger partial charge in [-0.25, -0.2) is 0 Å². The van der Waals surface area contributed by atoms with E-state index in [1.165, 1.54) is 0 Å². The predicted molar refractivity (Wildman–Crippen MR) is 70.6 cm³/mol. The van der Waals surface area contributed by atoms with Crippen LogP contribution in [0.25, 0.3) is 21.2 Å². The van der Waals surface area contributed by atoms with Crippen LogP contribution in [0.15, 0.2) is 41.5 Å². The molecule has 0 saturated heterocycles. The summed E-state index contributed by atoms with van der Waals surface area (Å²) in [5.74, 6) is -0.0782. The summed E-state index contributed by atoms with van der Waals surface area (Å²) < 4.78 is 0. The summed E-state index contributed by atoms with van der Waals surface area (Å²) >= 11 is 0. The number of benzene rings is 2. The van der Waals surface area contributed by atoms with Gasteiger partial charge in [0.25, 0.3) is 0 Å². The van der Waals surface area contributed by atoms with Gasteiger partial charge in [0.05, 0.1) is 12.6 Å². The van der Waals surface area contributed by atoms with Crippen molar-refractivity contribution in [1.82, 2.24) is 0 Å². The van der Waals surface area contributed by atoms with Gasteiger partial charge in [0.15, 0.2) is 0 Å². The van der Waals surface area contributed by atoms with Crippen LogP contribution in [0.2, 0.25) is 0 Å². The molecule has 6 nitrogen and oxygen atoms in total. The maximum atomic E-state index is 10.1. The van der Waals surface area contributed by atoms with Crippen LogP contribution in [-0.4, -0.2) is 28.0 Å². The molecule has 98 valence electrons. The summed E-state index contributed by atoms with van der Waals surface area (Å²) in [6.07, 6.45) is -2.57. The fourth-order valence-corrected chi connectivity index (χ4v) is 1.94. The van der Waals surface area contributed by atoms with Crippen LogP contribution in [0.3, 0.4) is 0 Å². The summed E-state index contributed by atoms with van der Waals surface area (Å²) in [4.78, 5) is 2.52. The molecule has 0 heterocycles. The molecule has 3 N–H and O–H groups in total. The lowest BCUT2D eigenvalue weighted by molar-refractivity contribution is 0.0231. The first-order valence-corrected chi connectivity index (χ1v) is 5.72. The Balaban J connectivity index is 2.39. The lowest BCUT2D eigenvalue weighted by Gasteiger charge is -2.18. The lowest BCUT2D eigenvalue weighted by Crippen LogP contribution is -2.21. The van der Waals surface area contributed by atoms with E-state index >= 15 is 0 Å². The first kappa shape index (κ1) is 13.2. The van der Waals surface area contributed by atoms with E-state index in [2.05, 4.69) is 10.0 Å². The van der Waals surface area contributed by atoms with Crippen LogP contribution >= 0.6 is 0 Å². The number of hydrogen-bond acceptors (Lipinski definition) is 4. The smallest absolute Gasteiger partial charge is 0.129 e. The van der Waals surface area contributed by atoms with Crippen molar-refractivity contribution in [2.75, 3.05) is 6.54 Å². The minimum absolute atomic E-state index is 0.0782. The number of phenols is 1. The van der Waals surface area contributed by atoms with E-state index in [4.69, 9.17) is 5.53 Å². The number of azide groups is 1. The summed E-state index contributed by atoms with van der Waals surface area (Å²) in [6.45, 7) is -0.260. The minimum atomic E-state index is -1.31. The van der Waals surface area contributed by atoms with Gasteiger partial charge in [-0.3, -0.25) is 0 Å². The molecule has 2 aromatic carbocycles. The van der Waals surface area contributed by atoms with Gasteiger partial charge < -0.3 is 15.3 Å². The zero-order valence-electron chi connectivity index (χ0n) is 10.0. The van der Waals surface area contributed by atoms with Crippen molar-refractivity contribution in [1.29, 1.82) is 0 Å². The lowest BCUT2D eigenvalue weighted by atomic mass is 9.99. The Morgan fingerprint density at radius 1 is 1.16 bits per heavy atom. The molecule has 2 atom stereocenters. The molecular formula is C13H13N3O3. The molecule has 0 aromatic heterocycles. The first-order valence-electron chi connectivity index (χ1n) is 5.72. The third-order valence-corrected chi connectivity index (χ3v) is 2.95. The van der Waals surface area contributed by atoms with Gasteiger partial charge in [-0.2, -0.15) is 0 Å². The Morgan fingerprint density at radius 2 is 1.89 bits per heavy atom. The minimum Gasteiger partial charge on any atom is -0.507 e. The standard InChI is InChI=1S/C13H13N3O3/c14-16-15-7-11(17)13(19)10-6-5-8-3-1-2-4-9(8)12(10)18/h1-6,11,13,17-19H,7H2. The predicted octanol–water partition coefficient (Wildman–Crippen LogP) is 2.25. The Kier molecular flexibility index (Phi) is 3.87. The van der Waals surface area contributed by atoms with E-state index in [1.807, 2.05) is 12.1 Å². The quantitative estimate of drug-likeness (QED) is 0.445. The maximum Gasteiger partial charge on any atom is 0.129 e. The zero-order chi connectivity index (χ0) is 13.8. The fraction of sp³-hybridized carbons (Fsp3) is 0.231. The van der Waals surface area contributed by atoms with Gasteiger partial charge in [0, 0.05) is 15.9 Å². The van der Waals surface area contributed by atoms with Crippen molar-refractivity contribution in [3.05, 3.63) is 52.4 Å². The number of rotatable bonds is 4. The van der Waals surface area contributed by atoms with Gasteiger partial charge in [0.1, 0.15) is 11.9 Å². The normalized spacial score (nSPS) is 13.8. The second-order valence-electron chi connectivity index (χ2n) is 4.15. The van der Waals surface area contributed by atoms with Gasteiger partial charge >= 0.3 is 0 Å². The number of aliphatic hydroxyl groups excluding tert-OH is 2. The summed E-state index contributed by atoms with van der Waals surface area (Å²) in [5, 5.41) is 34.4. The summed E-state index contributed by atoms with van der Waals surface area (Å²) in [6, 6.07) is 10.5. The molecule has 2 aromatic rings. The average molecular weight is 259 g/mol. The van der Waals surface area contributed by atoms with Crippen LogP contribution in [0, 0.1) is 0 Å². The molecule has 0 spiro atoms. The van der Waals surface area contributed by atoms with Crippen molar-refractivity contribution in [3.8, 4) is 5.75 Å². The van der Waals surface area contributed by atoms with Crippen molar-refractivity contribution in [2.24, 2.45) is 5.11 Å². The largest absolute Gasteiger partial charge is 0.507 e. The summed E-state index contributed by atoms with van der Waals surface area (Å²) in [7, 11) is 0. The van der Waals surface area contributed by atoms with E-state index in [1.54, 1.807) is 24.3 Å². The van der Waals surface area contributed by atoms with Crippen LogP contribution in [0.4, 0.5) is 0 Å². The molecule has 0 saturated carbocycles. The van der Waals surface area contributed by atoms with Crippen molar-refractivity contribution >= 4 is 10.8 Å². The number of aliphatic hydroxyl groups is 2. The van der Waals surface area contributed by atoms with Crippen molar-refractivity contribution in [2.45, 2.75) is 12.2 Å². The molecular weight excluding hydrogens is 246 g/mol. The highest BCUT2D eigenvalue weighted by Crippen LogP contribution is 2.33. The maximum absolute atomic E-state index is 10.1. The van der Waals surface area contributed by atoms with Crippen LogP contribution in [-0.2, 0) is 0 Å². The summed E-state index contributed by atoms with van der Waals surface area (Å²) in [5.41, 5.74) is 8.39. The number of fused-ring (bicyclic) bond motifs is 1. The van der Waals surface area contributed by atoms with Gasteiger partial charge in [-0.15, -0.1) is 0 Å². The highest BCUT2D eigenvalue weighted by atomic mass is 16.3. The Morgan fingerprint density at radius 3 is 2.63 bits per heavy atom. The topological polar surface area (TPSA) is 109 Å². The number of aromatic hydroxyl groups is 1. The molecule has 0 radical (unpaired) electrons. The van der Waals surface area contributed by atoms with E-state index in [9.17, 15) is 15.3 Å². The van der Waals surface area contributed by atoms with E-state index in [0.717, 1.165) is 5.39 Å². The van der Waals surface area contributed by atoms with E-state index in [-0.39, 0.29) is 17.9 Å².